The van der Waals surface area contributed by atoms with E-state index in [-0.39, 0.29) is 5.91 Å². The van der Waals surface area contributed by atoms with E-state index in [1.807, 2.05) is 29.9 Å². The lowest BCUT2D eigenvalue weighted by Crippen LogP contribution is -2.31. The molecule has 2 aromatic rings. The molecule has 1 fully saturated rings. The van der Waals surface area contributed by atoms with E-state index < -0.39 is 0 Å². The Balaban J connectivity index is 1.40. The third kappa shape index (κ3) is 4.24. The number of rotatable bonds is 5. The number of halogens is 1. The van der Waals surface area contributed by atoms with Gasteiger partial charge in [0.15, 0.2) is 5.69 Å². The van der Waals surface area contributed by atoms with Crippen molar-refractivity contribution < 1.29 is 4.79 Å². The number of carbonyl (C=O) groups is 1. The maximum Gasteiger partial charge on any atom is 0.272 e. The smallest absolute Gasteiger partial charge is 0.272 e. The third-order valence-electron chi connectivity index (χ3n) is 5.56. The molecule has 3 heterocycles. The highest BCUT2D eigenvalue weighted by Gasteiger charge is 2.27. The van der Waals surface area contributed by atoms with E-state index >= 15 is 0 Å². The van der Waals surface area contributed by atoms with E-state index in [1.165, 1.54) is 43.7 Å². The molecule has 0 radical (unpaired) electrons. The average Bonchev–Trinajstić information content (AvgIpc) is 2.86. The molecule has 150 valence electrons. The zero-order valence-corrected chi connectivity index (χ0v) is 17.9. The minimum absolute atomic E-state index is 0.0706. The number of amides is 1. The molecule has 2 aliphatic rings. The topological polar surface area (TPSA) is 50.2 Å². The Bertz CT molecular complexity index is 858. The largest absolute Gasteiger partial charge is 0.351 e. The van der Waals surface area contributed by atoms with Gasteiger partial charge in [-0.3, -0.25) is 9.48 Å². The molecular weight excluding hydrogens is 392 g/mol. The summed E-state index contributed by atoms with van der Waals surface area (Å²) in [6.07, 6.45) is 6.29. The van der Waals surface area contributed by atoms with Crippen molar-refractivity contribution in [3.05, 3.63) is 34.5 Å². The maximum absolute atomic E-state index is 12.8. The van der Waals surface area contributed by atoms with Crippen LogP contribution in [-0.2, 0) is 12.8 Å². The summed E-state index contributed by atoms with van der Waals surface area (Å²) in [5.41, 5.74) is 3.62. The SMILES string of the molecule is Cn1nc(C(=O)NCCCN2CCCCCC2)c2c1-c1cc(Cl)ccc1SC2. The van der Waals surface area contributed by atoms with Crippen molar-refractivity contribution in [2.24, 2.45) is 7.05 Å². The lowest BCUT2D eigenvalue weighted by molar-refractivity contribution is 0.0945. The van der Waals surface area contributed by atoms with Crippen molar-refractivity contribution in [1.29, 1.82) is 0 Å². The lowest BCUT2D eigenvalue weighted by atomic mass is 10.1. The van der Waals surface area contributed by atoms with Crippen LogP contribution >= 0.6 is 23.4 Å². The van der Waals surface area contributed by atoms with Crippen LogP contribution in [0.3, 0.4) is 0 Å². The summed E-state index contributed by atoms with van der Waals surface area (Å²) in [5, 5.41) is 8.32. The van der Waals surface area contributed by atoms with Crippen molar-refractivity contribution in [3.8, 4) is 11.3 Å². The number of thioether (sulfide) groups is 1. The van der Waals surface area contributed by atoms with E-state index in [0.29, 0.717) is 17.3 Å². The number of likely N-dealkylation sites (tertiary alicyclic amines) is 1. The molecule has 1 N–H and O–H groups in total. The quantitative estimate of drug-likeness (QED) is 0.733. The van der Waals surface area contributed by atoms with Crippen molar-refractivity contribution in [1.82, 2.24) is 20.0 Å². The molecule has 4 rings (SSSR count). The second kappa shape index (κ2) is 8.89. The number of nitrogens with zero attached hydrogens (tertiary/aromatic N) is 3. The number of nitrogens with one attached hydrogen (secondary N) is 1. The van der Waals surface area contributed by atoms with Crippen LogP contribution < -0.4 is 5.32 Å². The average molecular weight is 419 g/mol. The first-order valence-corrected chi connectivity index (χ1v) is 11.5. The van der Waals surface area contributed by atoms with Gasteiger partial charge in [0.25, 0.3) is 5.91 Å². The van der Waals surface area contributed by atoms with Gasteiger partial charge in [0.05, 0.1) is 5.69 Å². The van der Waals surface area contributed by atoms with Gasteiger partial charge in [-0.05, 0) is 57.1 Å². The summed E-state index contributed by atoms with van der Waals surface area (Å²) in [7, 11) is 1.90. The summed E-state index contributed by atoms with van der Waals surface area (Å²) in [6, 6.07) is 5.92. The fraction of sp³-hybridized carbons (Fsp3) is 0.524. The Hall–Kier alpha value is -1.50. The predicted molar refractivity (Wildman–Crippen MR) is 115 cm³/mol. The second-order valence-corrected chi connectivity index (χ2v) is 9.05. The summed E-state index contributed by atoms with van der Waals surface area (Å²) < 4.78 is 1.82. The first-order chi connectivity index (χ1) is 13.6. The first-order valence-electron chi connectivity index (χ1n) is 10.1. The Morgan fingerprint density at radius 1 is 1.25 bits per heavy atom. The van der Waals surface area contributed by atoms with Gasteiger partial charge in [0.2, 0.25) is 0 Å². The molecule has 2 aliphatic heterocycles. The standard InChI is InChI=1S/C21H27ClN4OS/c1-25-20-16-13-15(22)7-8-18(16)28-14-17(20)19(24-25)21(27)23-9-6-12-26-10-4-2-3-5-11-26/h7-8,13H,2-6,9-12,14H2,1H3,(H,23,27). The van der Waals surface area contributed by atoms with Crippen molar-refractivity contribution in [3.63, 3.8) is 0 Å². The van der Waals surface area contributed by atoms with Crippen LogP contribution in [-0.4, -0.2) is 46.8 Å². The Labute approximate surface area is 175 Å². The highest BCUT2D eigenvalue weighted by atomic mass is 35.5. The van der Waals surface area contributed by atoms with Crippen LogP contribution in [0.1, 0.15) is 48.2 Å². The predicted octanol–water partition coefficient (Wildman–Crippen LogP) is 4.34. The molecule has 0 aliphatic carbocycles. The molecule has 0 saturated carbocycles. The molecule has 0 atom stereocenters. The summed E-state index contributed by atoms with van der Waals surface area (Å²) >= 11 is 7.94. The summed E-state index contributed by atoms with van der Waals surface area (Å²) in [4.78, 5) is 16.5. The van der Waals surface area contributed by atoms with E-state index in [2.05, 4.69) is 15.3 Å². The van der Waals surface area contributed by atoms with E-state index in [9.17, 15) is 4.79 Å². The highest BCUT2D eigenvalue weighted by Crippen LogP contribution is 2.43. The van der Waals surface area contributed by atoms with E-state index in [1.54, 1.807) is 11.8 Å². The molecule has 1 amide bonds. The minimum Gasteiger partial charge on any atom is -0.351 e. The van der Waals surface area contributed by atoms with Crippen molar-refractivity contribution in [2.45, 2.75) is 42.8 Å². The van der Waals surface area contributed by atoms with Crippen LogP contribution in [0.4, 0.5) is 0 Å². The normalized spacial score (nSPS) is 16.9. The number of carbonyl (C=O) groups excluding carboxylic acids is 1. The molecule has 7 heteroatoms. The molecule has 1 aromatic carbocycles. The van der Waals surface area contributed by atoms with Gasteiger partial charge < -0.3 is 10.2 Å². The van der Waals surface area contributed by atoms with Gasteiger partial charge in [0, 0.05) is 40.4 Å². The van der Waals surface area contributed by atoms with Crippen LogP contribution in [0, 0.1) is 0 Å². The van der Waals surface area contributed by atoms with Gasteiger partial charge in [-0.25, -0.2) is 0 Å². The number of fused-ring (bicyclic) bond motifs is 3. The van der Waals surface area contributed by atoms with Crippen molar-refractivity contribution >= 4 is 29.3 Å². The first kappa shape index (κ1) is 19.8. The highest BCUT2D eigenvalue weighted by molar-refractivity contribution is 7.98. The molecule has 0 bridgehead atoms. The molecule has 28 heavy (non-hydrogen) atoms. The fourth-order valence-corrected chi connectivity index (χ4v) is 5.36. The van der Waals surface area contributed by atoms with Crippen LogP contribution in [0.15, 0.2) is 23.1 Å². The Morgan fingerprint density at radius 3 is 2.82 bits per heavy atom. The number of aryl methyl sites for hydroxylation is 1. The molecule has 0 unspecified atom stereocenters. The number of hydrogen-bond donors (Lipinski definition) is 1. The van der Waals surface area contributed by atoms with Crippen LogP contribution in [0.25, 0.3) is 11.3 Å². The van der Waals surface area contributed by atoms with Gasteiger partial charge >= 0.3 is 0 Å². The van der Waals surface area contributed by atoms with Gasteiger partial charge in [0.1, 0.15) is 0 Å². The number of hydrogen-bond acceptors (Lipinski definition) is 4. The Morgan fingerprint density at radius 2 is 2.04 bits per heavy atom. The zero-order chi connectivity index (χ0) is 19.5. The van der Waals surface area contributed by atoms with Gasteiger partial charge in [-0.15, -0.1) is 11.8 Å². The summed E-state index contributed by atoms with van der Waals surface area (Å²) in [6.45, 7) is 4.14. The molecule has 1 saturated heterocycles. The monoisotopic (exact) mass is 418 g/mol. The van der Waals surface area contributed by atoms with Crippen LogP contribution in [0.5, 0.6) is 0 Å². The maximum atomic E-state index is 12.8. The molecule has 5 nitrogen and oxygen atoms in total. The number of benzene rings is 1. The fourth-order valence-electron chi connectivity index (χ4n) is 4.14. The summed E-state index contributed by atoms with van der Waals surface area (Å²) in [5.74, 6) is 0.688. The molecule has 1 aromatic heterocycles. The van der Waals surface area contributed by atoms with Gasteiger partial charge in [-0.1, -0.05) is 24.4 Å². The van der Waals surface area contributed by atoms with E-state index in [0.717, 1.165) is 35.5 Å². The number of aromatic nitrogens is 2. The van der Waals surface area contributed by atoms with Gasteiger partial charge in [-0.2, -0.15) is 5.10 Å². The lowest BCUT2D eigenvalue weighted by Gasteiger charge is -2.19. The minimum atomic E-state index is -0.0706. The van der Waals surface area contributed by atoms with E-state index in [4.69, 9.17) is 11.6 Å². The molecular formula is C21H27ClN4OS. The Kier molecular flexibility index (Phi) is 6.28. The molecule has 0 spiro atoms. The van der Waals surface area contributed by atoms with Crippen LogP contribution in [0.2, 0.25) is 5.02 Å². The zero-order valence-electron chi connectivity index (χ0n) is 16.3. The second-order valence-electron chi connectivity index (χ2n) is 7.59. The third-order valence-corrected chi connectivity index (χ3v) is 6.90. The van der Waals surface area contributed by atoms with Crippen molar-refractivity contribution in [2.75, 3.05) is 26.2 Å².